The Morgan fingerprint density at radius 3 is 2.71 bits per heavy atom. The molecule has 0 saturated carbocycles. The third kappa shape index (κ3) is 4.25. The molecule has 116 valence electrons. The summed E-state index contributed by atoms with van der Waals surface area (Å²) in [5, 5.41) is 7.24. The molecule has 1 aliphatic rings. The lowest BCUT2D eigenvalue weighted by atomic mass is 9.94. The largest absolute Gasteiger partial charge is 0.444 e. The molecule has 0 bridgehead atoms. The van der Waals surface area contributed by atoms with Crippen molar-refractivity contribution in [1.82, 2.24) is 10.6 Å². The maximum absolute atomic E-state index is 11.9. The van der Waals surface area contributed by atoms with Crippen molar-refractivity contribution < 1.29 is 9.53 Å². The molecular formula is C15H20Cl2N2O2. The van der Waals surface area contributed by atoms with Crippen LogP contribution in [0.1, 0.15) is 32.3 Å². The fraction of sp³-hybridized carbons (Fsp3) is 0.533. The summed E-state index contributed by atoms with van der Waals surface area (Å²) < 4.78 is 5.30. The van der Waals surface area contributed by atoms with Crippen molar-refractivity contribution in [2.45, 2.75) is 38.3 Å². The number of amides is 1. The molecule has 0 unspecified atom stereocenters. The van der Waals surface area contributed by atoms with Gasteiger partial charge in [-0.05, 0) is 32.4 Å². The van der Waals surface area contributed by atoms with Crippen LogP contribution in [0.2, 0.25) is 10.0 Å². The summed E-state index contributed by atoms with van der Waals surface area (Å²) >= 11 is 12.3. The Kier molecular flexibility index (Phi) is 5.02. The van der Waals surface area contributed by atoms with E-state index >= 15 is 0 Å². The molecule has 21 heavy (non-hydrogen) atoms. The summed E-state index contributed by atoms with van der Waals surface area (Å²) in [4.78, 5) is 11.9. The van der Waals surface area contributed by atoms with Crippen LogP contribution in [0.15, 0.2) is 18.2 Å². The first kappa shape index (κ1) is 16.4. The summed E-state index contributed by atoms with van der Waals surface area (Å²) in [5.74, 6) is 0.0729. The van der Waals surface area contributed by atoms with Gasteiger partial charge in [-0.3, -0.25) is 0 Å². The highest BCUT2D eigenvalue weighted by Crippen LogP contribution is 2.33. The second kappa shape index (κ2) is 6.42. The molecule has 1 amide bonds. The van der Waals surface area contributed by atoms with Crippen molar-refractivity contribution in [2.75, 3.05) is 13.1 Å². The molecule has 6 heteroatoms. The van der Waals surface area contributed by atoms with Gasteiger partial charge in [-0.15, -0.1) is 0 Å². The summed E-state index contributed by atoms with van der Waals surface area (Å²) in [7, 11) is 0. The number of carbonyl (C=O) groups excluding carboxylic acids is 1. The monoisotopic (exact) mass is 330 g/mol. The molecule has 2 rings (SSSR count). The lowest BCUT2D eigenvalue weighted by Gasteiger charge is -2.25. The van der Waals surface area contributed by atoms with Crippen molar-refractivity contribution in [3.05, 3.63) is 33.8 Å². The normalized spacial score (nSPS) is 22.1. The van der Waals surface area contributed by atoms with E-state index in [2.05, 4.69) is 10.6 Å². The summed E-state index contributed by atoms with van der Waals surface area (Å²) in [6.45, 7) is 6.92. The van der Waals surface area contributed by atoms with Crippen LogP contribution in [0.4, 0.5) is 4.79 Å². The predicted molar refractivity (Wildman–Crippen MR) is 85.2 cm³/mol. The molecule has 0 aromatic heterocycles. The first-order valence-corrected chi connectivity index (χ1v) is 7.67. The number of halogens is 2. The fourth-order valence-electron chi connectivity index (χ4n) is 2.42. The zero-order valence-corrected chi connectivity index (χ0v) is 13.9. The van der Waals surface area contributed by atoms with Gasteiger partial charge in [0.1, 0.15) is 5.60 Å². The molecular weight excluding hydrogens is 311 g/mol. The number of hydrogen-bond donors (Lipinski definition) is 2. The number of ether oxygens (including phenoxy) is 1. The van der Waals surface area contributed by atoms with Crippen LogP contribution in [-0.4, -0.2) is 30.8 Å². The maximum atomic E-state index is 11.9. The number of carbonyl (C=O) groups is 1. The summed E-state index contributed by atoms with van der Waals surface area (Å²) in [6, 6.07) is 5.49. The molecule has 1 aliphatic heterocycles. The van der Waals surface area contributed by atoms with Gasteiger partial charge in [-0.2, -0.15) is 0 Å². The smallest absolute Gasteiger partial charge is 0.407 e. The SMILES string of the molecule is CC(C)(C)OC(=O)N[C@H]1CNC[C@@H]1c1cccc(Cl)c1Cl. The van der Waals surface area contributed by atoms with Gasteiger partial charge in [0.15, 0.2) is 0 Å². The lowest BCUT2D eigenvalue weighted by Crippen LogP contribution is -2.42. The first-order chi connectivity index (χ1) is 9.78. The highest BCUT2D eigenvalue weighted by molar-refractivity contribution is 6.42. The van der Waals surface area contributed by atoms with Crippen molar-refractivity contribution in [2.24, 2.45) is 0 Å². The maximum Gasteiger partial charge on any atom is 0.407 e. The van der Waals surface area contributed by atoms with E-state index in [4.69, 9.17) is 27.9 Å². The van der Waals surface area contributed by atoms with Crippen molar-refractivity contribution >= 4 is 29.3 Å². The van der Waals surface area contributed by atoms with Gasteiger partial charge in [0.05, 0.1) is 16.1 Å². The molecule has 1 heterocycles. The van der Waals surface area contributed by atoms with Gasteiger partial charge >= 0.3 is 6.09 Å². The Bertz CT molecular complexity index is 529. The van der Waals surface area contributed by atoms with Gasteiger partial charge in [-0.25, -0.2) is 4.79 Å². The third-order valence-electron chi connectivity index (χ3n) is 3.30. The van der Waals surface area contributed by atoms with Crippen LogP contribution in [0.25, 0.3) is 0 Å². The van der Waals surface area contributed by atoms with Crippen LogP contribution >= 0.6 is 23.2 Å². The van der Waals surface area contributed by atoms with Gasteiger partial charge in [-0.1, -0.05) is 35.3 Å². The average Bonchev–Trinajstić information content (AvgIpc) is 2.78. The van der Waals surface area contributed by atoms with Gasteiger partial charge in [0.2, 0.25) is 0 Å². The minimum Gasteiger partial charge on any atom is -0.444 e. The zero-order chi connectivity index (χ0) is 15.6. The number of benzene rings is 1. The van der Waals surface area contributed by atoms with Gasteiger partial charge < -0.3 is 15.4 Å². The number of nitrogens with one attached hydrogen (secondary N) is 2. The molecule has 1 aromatic rings. The van der Waals surface area contributed by atoms with E-state index in [1.165, 1.54) is 0 Å². The molecule has 1 saturated heterocycles. The van der Waals surface area contributed by atoms with E-state index in [0.717, 1.165) is 12.1 Å². The predicted octanol–water partition coefficient (Wildman–Crippen LogP) is 3.57. The minimum atomic E-state index is -0.515. The standard InChI is InChI=1S/C15H20Cl2N2O2/c1-15(2,3)21-14(20)19-12-8-18-7-10(12)9-5-4-6-11(16)13(9)17/h4-6,10,12,18H,7-8H2,1-3H3,(H,19,20)/t10-,12+/m1/s1. The van der Waals surface area contributed by atoms with E-state index in [9.17, 15) is 4.79 Å². The Morgan fingerprint density at radius 2 is 2.05 bits per heavy atom. The molecule has 4 nitrogen and oxygen atoms in total. The van der Waals surface area contributed by atoms with E-state index in [-0.39, 0.29) is 12.0 Å². The molecule has 0 radical (unpaired) electrons. The van der Waals surface area contributed by atoms with E-state index in [0.29, 0.717) is 16.6 Å². The van der Waals surface area contributed by atoms with E-state index in [1.807, 2.05) is 32.9 Å². The molecule has 0 spiro atoms. The first-order valence-electron chi connectivity index (χ1n) is 6.92. The van der Waals surface area contributed by atoms with E-state index < -0.39 is 11.7 Å². The molecule has 2 N–H and O–H groups in total. The lowest BCUT2D eigenvalue weighted by molar-refractivity contribution is 0.0504. The minimum absolute atomic E-state index is 0.0729. The summed E-state index contributed by atoms with van der Waals surface area (Å²) in [5.41, 5.74) is 0.425. The Hall–Kier alpha value is -0.970. The van der Waals surface area contributed by atoms with Crippen LogP contribution in [0.5, 0.6) is 0 Å². The highest BCUT2D eigenvalue weighted by Gasteiger charge is 2.32. The zero-order valence-electron chi connectivity index (χ0n) is 12.4. The fourth-order valence-corrected chi connectivity index (χ4v) is 2.87. The number of hydrogen-bond acceptors (Lipinski definition) is 3. The topological polar surface area (TPSA) is 50.4 Å². The Labute approximate surface area is 135 Å². The third-order valence-corrected chi connectivity index (χ3v) is 4.13. The average molecular weight is 331 g/mol. The Balaban J connectivity index is 2.10. The Morgan fingerprint density at radius 1 is 1.33 bits per heavy atom. The number of rotatable bonds is 2. The van der Waals surface area contributed by atoms with Crippen molar-refractivity contribution in [3.63, 3.8) is 0 Å². The van der Waals surface area contributed by atoms with Gasteiger partial charge in [0, 0.05) is 19.0 Å². The van der Waals surface area contributed by atoms with Crippen LogP contribution in [0.3, 0.4) is 0 Å². The molecule has 1 aromatic carbocycles. The summed E-state index contributed by atoms with van der Waals surface area (Å²) in [6.07, 6.45) is -0.417. The molecule has 0 aliphatic carbocycles. The van der Waals surface area contributed by atoms with Crippen molar-refractivity contribution in [3.8, 4) is 0 Å². The van der Waals surface area contributed by atoms with Crippen LogP contribution in [-0.2, 0) is 4.74 Å². The van der Waals surface area contributed by atoms with Crippen molar-refractivity contribution in [1.29, 1.82) is 0 Å². The quantitative estimate of drug-likeness (QED) is 0.871. The van der Waals surface area contributed by atoms with E-state index in [1.54, 1.807) is 6.07 Å². The molecule has 2 atom stereocenters. The van der Waals surface area contributed by atoms with Gasteiger partial charge in [0.25, 0.3) is 0 Å². The van der Waals surface area contributed by atoms with Crippen LogP contribution in [0, 0.1) is 0 Å². The number of alkyl carbamates (subject to hydrolysis) is 1. The molecule has 1 fully saturated rings. The second-order valence-corrected chi connectivity index (χ2v) is 6.95. The highest BCUT2D eigenvalue weighted by atomic mass is 35.5. The van der Waals surface area contributed by atoms with Crippen LogP contribution < -0.4 is 10.6 Å². The second-order valence-electron chi connectivity index (χ2n) is 6.16.